The summed E-state index contributed by atoms with van der Waals surface area (Å²) in [7, 11) is 1.27. The van der Waals surface area contributed by atoms with Crippen LogP contribution in [0.15, 0.2) is 36.4 Å². The fourth-order valence-corrected chi connectivity index (χ4v) is 2.08. The van der Waals surface area contributed by atoms with Gasteiger partial charge in [0.1, 0.15) is 11.3 Å². The molecule has 1 N–H and O–H groups in total. The summed E-state index contributed by atoms with van der Waals surface area (Å²) in [6.45, 7) is 1.77. The van der Waals surface area contributed by atoms with E-state index in [0.29, 0.717) is 11.1 Å². The Morgan fingerprint density at radius 2 is 1.89 bits per heavy atom. The van der Waals surface area contributed by atoms with E-state index in [1.165, 1.54) is 7.11 Å². The van der Waals surface area contributed by atoms with Gasteiger partial charge in [0, 0.05) is 5.56 Å². The van der Waals surface area contributed by atoms with Crippen LogP contribution >= 0.6 is 11.6 Å². The first-order valence-corrected chi connectivity index (χ1v) is 6.10. The van der Waals surface area contributed by atoms with E-state index in [1.54, 1.807) is 13.0 Å². The van der Waals surface area contributed by atoms with Gasteiger partial charge in [0.05, 0.1) is 12.1 Å². The lowest BCUT2D eigenvalue weighted by Crippen LogP contribution is -2.05. The van der Waals surface area contributed by atoms with Gasteiger partial charge in [-0.25, -0.2) is 4.79 Å². The molecule has 0 bridgehead atoms. The van der Waals surface area contributed by atoms with E-state index >= 15 is 0 Å². The minimum absolute atomic E-state index is 0.0873. The van der Waals surface area contributed by atoms with Crippen molar-refractivity contribution < 1.29 is 14.6 Å². The lowest BCUT2D eigenvalue weighted by atomic mass is 9.96. The molecule has 19 heavy (non-hydrogen) atoms. The molecule has 0 atom stereocenters. The third-order valence-electron chi connectivity index (χ3n) is 2.90. The number of phenolic OH excluding ortho intramolecular Hbond substituents is 1. The maximum Gasteiger partial charge on any atom is 0.342 e. The van der Waals surface area contributed by atoms with E-state index in [4.69, 9.17) is 16.3 Å². The van der Waals surface area contributed by atoms with Crippen LogP contribution in [-0.4, -0.2) is 18.2 Å². The Hall–Kier alpha value is -2.00. The minimum atomic E-state index is -0.613. The number of phenols is 1. The van der Waals surface area contributed by atoms with Crippen LogP contribution in [0.2, 0.25) is 5.02 Å². The molecule has 0 aromatic heterocycles. The van der Waals surface area contributed by atoms with E-state index in [0.717, 1.165) is 5.56 Å². The van der Waals surface area contributed by atoms with E-state index in [-0.39, 0.29) is 16.3 Å². The van der Waals surface area contributed by atoms with Crippen LogP contribution < -0.4 is 0 Å². The topological polar surface area (TPSA) is 46.5 Å². The molecule has 2 rings (SSSR count). The Labute approximate surface area is 116 Å². The molecule has 2 aromatic carbocycles. The standard InChI is InChI=1S/C15H13ClO3/c1-9-8-11(10-6-4-3-5-7-10)12(15(18)19-2)14(17)13(9)16/h3-8,17H,1-2H3. The predicted octanol–water partition coefficient (Wildman–Crippen LogP) is 3.81. The smallest absolute Gasteiger partial charge is 0.342 e. The summed E-state index contributed by atoms with van der Waals surface area (Å²) in [5.74, 6) is -0.856. The normalized spacial score (nSPS) is 10.3. The molecule has 3 nitrogen and oxygen atoms in total. The zero-order valence-corrected chi connectivity index (χ0v) is 11.4. The van der Waals surface area contributed by atoms with Gasteiger partial charge in [-0.2, -0.15) is 0 Å². The summed E-state index contributed by atoms with van der Waals surface area (Å²) in [5, 5.41) is 10.3. The van der Waals surface area contributed by atoms with Crippen molar-refractivity contribution in [3.05, 3.63) is 52.5 Å². The van der Waals surface area contributed by atoms with Crippen molar-refractivity contribution in [2.24, 2.45) is 0 Å². The molecular formula is C15H13ClO3. The first-order valence-electron chi connectivity index (χ1n) is 5.72. The monoisotopic (exact) mass is 276 g/mol. The van der Waals surface area contributed by atoms with Gasteiger partial charge in [0.15, 0.2) is 0 Å². The van der Waals surface area contributed by atoms with Crippen LogP contribution in [0.25, 0.3) is 11.1 Å². The number of benzene rings is 2. The summed E-state index contributed by atoms with van der Waals surface area (Å²) in [6.07, 6.45) is 0. The van der Waals surface area contributed by atoms with Crippen molar-refractivity contribution in [2.75, 3.05) is 7.11 Å². The van der Waals surface area contributed by atoms with Gasteiger partial charge < -0.3 is 9.84 Å². The highest BCUT2D eigenvalue weighted by Gasteiger charge is 2.22. The number of ether oxygens (including phenoxy) is 1. The van der Waals surface area contributed by atoms with Crippen LogP contribution in [0.4, 0.5) is 0 Å². The fourth-order valence-electron chi connectivity index (χ4n) is 1.93. The van der Waals surface area contributed by atoms with Gasteiger partial charge in [-0.05, 0) is 24.1 Å². The molecule has 4 heteroatoms. The highest BCUT2D eigenvalue weighted by atomic mass is 35.5. The van der Waals surface area contributed by atoms with Crippen molar-refractivity contribution in [3.8, 4) is 16.9 Å². The third-order valence-corrected chi connectivity index (χ3v) is 3.37. The maximum atomic E-state index is 11.9. The Morgan fingerprint density at radius 3 is 2.47 bits per heavy atom. The van der Waals surface area contributed by atoms with E-state index in [9.17, 15) is 9.90 Å². The fraction of sp³-hybridized carbons (Fsp3) is 0.133. The number of carbonyl (C=O) groups is 1. The summed E-state index contributed by atoms with van der Waals surface area (Å²) in [6, 6.07) is 11.1. The van der Waals surface area contributed by atoms with Gasteiger partial charge in [-0.15, -0.1) is 0 Å². The molecule has 0 aliphatic heterocycles. The van der Waals surface area contributed by atoms with Crippen molar-refractivity contribution in [1.82, 2.24) is 0 Å². The van der Waals surface area contributed by atoms with Crippen molar-refractivity contribution in [1.29, 1.82) is 0 Å². The SMILES string of the molecule is COC(=O)c1c(-c2ccccc2)cc(C)c(Cl)c1O. The molecule has 0 fully saturated rings. The Bertz CT molecular complexity index is 621. The van der Waals surface area contributed by atoms with Gasteiger partial charge in [0.25, 0.3) is 0 Å². The third kappa shape index (κ3) is 2.42. The zero-order valence-electron chi connectivity index (χ0n) is 10.6. The number of hydrogen-bond donors (Lipinski definition) is 1. The van der Waals surface area contributed by atoms with Crippen LogP contribution in [-0.2, 0) is 4.74 Å². The minimum Gasteiger partial charge on any atom is -0.505 e. The Kier molecular flexibility index (Phi) is 3.76. The first-order chi connectivity index (χ1) is 9.06. The average Bonchev–Trinajstić information content (AvgIpc) is 2.44. The predicted molar refractivity (Wildman–Crippen MR) is 74.6 cm³/mol. The number of esters is 1. The van der Waals surface area contributed by atoms with Crippen LogP contribution in [0.3, 0.4) is 0 Å². The summed E-state index contributed by atoms with van der Waals surface area (Å²) < 4.78 is 4.72. The van der Waals surface area contributed by atoms with Crippen molar-refractivity contribution in [2.45, 2.75) is 6.92 Å². The highest BCUT2D eigenvalue weighted by Crippen LogP contribution is 2.38. The van der Waals surface area contributed by atoms with Crippen molar-refractivity contribution in [3.63, 3.8) is 0 Å². The van der Waals surface area contributed by atoms with Gasteiger partial charge >= 0.3 is 5.97 Å². The number of halogens is 1. The number of aryl methyl sites for hydroxylation is 1. The molecule has 0 amide bonds. The van der Waals surface area contributed by atoms with E-state index in [2.05, 4.69) is 0 Å². The van der Waals surface area contributed by atoms with Crippen LogP contribution in [0.5, 0.6) is 5.75 Å². The average molecular weight is 277 g/mol. The Morgan fingerprint density at radius 1 is 1.26 bits per heavy atom. The highest BCUT2D eigenvalue weighted by molar-refractivity contribution is 6.33. The number of hydrogen-bond acceptors (Lipinski definition) is 3. The summed E-state index contributed by atoms with van der Waals surface area (Å²) >= 11 is 5.99. The summed E-state index contributed by atoms with van der Waals surface area (Å²) in [4.78, 5) is 11.9. The van der Waals surface area contributed by atoms with Crippen molar-refractivity contribution >= 4 is 17.6 Å². The lowest BCUT2D eigenvalue weighted by molar-refractivity contribution is 0.0598. The molecule has 0 heterocycles. The van der Waals surface area contributed by atoms with Crippen LogP contribution in [0, 0.1) is 6.92 Å². The molecule has 0 aliphatic rings. The number of aromatic hydroxyl groups is 1. The number of methoxy groups -OCH3 is 1. The molecule has 0 radical (unpaired) electrons. The molecular weight excluding hydrogens is 264 g/mol. The summed E-state index contributed by atoms with van der Waals surface area (Å²) in [5.41, 5.74) is 2.21. The largest absolute Gasteiger partial charge is 0.505 e. The molecule has 2 aromatic rings. The first kappa shape index (κ1) is 13.4. The molecule has 98 valence electrons. The molecule has 0 saturated carbocycles. The van der Waals surface area contributed by atoms with Gasteiger partial charge in [-0.1, -0.05) is 41.9 Å². The zero-order chi connectivity index (χ0) is 14.0. The Balaban J connectivity index is 2.76. The van der Waals surface area contributed by atoms with Crippen LogP contribution in [0.1, 0.15) is 15.9 Å². The maximum absolute atomic E-state index is 11.9. The molecule has 0 unspecified atom stereocenters. The quantitative estimate of drug-likeness (QED) is 0.849. The second kappa shape index (κ2) is 5.33. The van der Waals surface area contributed by atoms with E-state index < -0.39 is 5.97 Å². The molecule has 0 spiro atoms. The molecule has 0 aliphatic carbocycles. The second-order valence-electron chi connectivity index (χ2n) is 4.14. The second-order valence-corrected chi connectivity index (χ2v) is 4.51. The number of rotatable bonds is 2. The van der Waals surface area contributed by atoms with E-state index in [1.807, 2.05) is 30.3 Å². The molecule has 0 saturated heterocycles. The van der Waals surface area contributed by atoms with Gasteiger partial charge in [-0.3, -0.25) is 0 Å². The number of carbonyl (C=O) groups excluding carboxylic acids is 1. The van der Waals surface area contributed by atoms with Gasteiger partial charge in [0.2, 0.25) is 0 Å². The lowest BCUT2D eigenvalue weighted by Gasteiger charge is -2.13.